The maximum atomic E-state index is 12.8. The molecule has 0 saturated carbocycles. The van der Waals surface area contributed by atoms with Crippen molar-refractivity contribution in [3.8, 4) is 0 Å². The van der Waals surface area contributed by atoms with Crippen LogP contribution in [0, 0.1) is 0 Å². The summed E-state index contributed by atoms with van der Waals surface area (Å²) in [6.45, 7) is 4.51. The Balaban J connectivity index is 4.41. The fourth-order valence-corrected chi connectivity index (χ4v) is 6.59. The van der Waals surface area contributed by atoms with E-state index in [-0.39, 0.29) is 36.2 Å². The summed E-state index contributed by atoms with van der Waals surface area (Å²) < 4.78 is 17.3. The number of hydrogen-bond acceptors (Lipinski definition) is 6. The molecule has 0 fully saturated rings. The molecule has 2 unspecified atom stereocenters. The highest BCUT2D eigenvalue weighted by molar-refractivity contribution is 5.72. The monoisotopic (exact) mass is 877 g/mol. The van der Waals surface area contributed by atoms with Gasteiger partial charge in [0.05, 0.1) is 34.4 Å². The number of rotatable bonds is 42. The summed E-state index contributed by atoms with van der Waals surface area (Å²) in [7, 11) is 5.50. The number of likely N-dealkylation sites (N-methyl/N-ethyl adjacent to an activating group) is 1. The summed E-state index contributed by atoms with van der Waals surface area (Å²) in [6.07, 6.45) is 61.3. The van der Waals surface area contributed by atoms with Gasteiger partial charge < -0.3 is 23.8 Å². The summed E-state index contributed by atoms with van der Waals surface area (Å²) in [5.74, 6) is -1.54. The van der Waals surface area contributed by atoms with Crippen LogP contribution in [0.2, 0.25) is 0 Å². The van der Waals surface area contributed by atoms with Gasteiger partial charge >= 0.3 is 17.9 Å². The van der Waals surface area contributed by atoms with Crippen LogP contribution in [0.4, 0.5) is 0 Å². The van der Waals surface area contributed by atoms with E-state index < -0.39 is 18.1 Å². The number of carbonyl (C=O) groups is 3. The third-order valence-electron chi connectivity index (χ3n) is 10.4. The van der Waals surface area contributed by atoms with E-state index in [0.29, 0.717) is 19.3 Å². The first-order chi connectivity index (χ1) is 30.6. The Morgan fingerprint density at radius 3 is 1.35 bits per heavy atom. The summed E-state index contributed by atoms with van der Waals surface area (Å²) in [4.78, 5) is 37.1. The average Bonchev–Trinajstić information content (AvgIpc) is 3.24. The van der Waals surface area contributed by atoms with E-state index in [1.165, 1.54) is 77.0 Å². The Kier molecular flexibility index (Phi) is 41.8. The summed E-state index contributed by atoms with van der Waals surface area (Å²) in [6, 6.07) is -0.630. The summed E-state index contributed by atoms with van der Waals surface area (Å²) >= 11 is 0. The molecule has 1 N–H and O–H groups in total. The third kappa shape index (κ3) is 43.0. The van der Waals surface area contributed by atoms with Crippen LogP contribution in [-0.4, -0.2) is 80.6 Å². The number of hydrogen-bond donors (Lipinski definition) is 1. The number of carboxylic acids is 1. The minimum atomic E-state index is -0.887. The first kappa shape index (κ1) is 59.0. The normalized spacial score (nSPS) is 13.9. The van der Waals surface area contributed by atoms with Crippen molar-refractivity contribution < 1.29 is 38.2 Å². The van der Waals surface area contributed by atoms with Crippen LogP contribution in [0.1, 0.15) is 168 Å². The minimum absolute atomic E-state index is 0.0374. The predicted octanol–water partition coefficient (Wildman–Crippen LogP) is 14.0. The van der Waals surface area contributed by atoms with Gasteiger partial charge in [-0.15, -0.1) is 0 Å². The van der Waals surface area contributed by atoms with E-state index in [1.807, 2.05) is 94.1 Å². The lowest BCUT2D eigenvalue weighted by atomic mass is 10.1. The molecule has 0 aromatic carbocycles. The van der Waals surface area contributed by atoms with Gasteiger partial charge in [0.2, 0.25) is 0 Å². The van der Waals surface area contributed by atoms with Gasteiger partial charge in [-0.05, 0) is 57.8 Å². The van der Waals surface area contributed by atoms with Crippen LogP contribution in [0.15, 0.2) is 109 Å². The number of esters is 2. The van der Waals surface area contributed by atoms with Crippen molar-refractivity contribution in [3.05, 3.63) is 109 Å². The van der Waals surface area contributed by atoms with Crippen molar-refractivity contribution in [1.82, 2.24) is 0 Å². The molecule has 0 bridgehead atoms. The Labute approximate surface area is 385 Å². The van der Waals surface area contributed by atoms with Gasteiger partial charge in [-0.3, -0.25) is 9.59 Å². The number of nitrogens with zero attached hydrogens (tertiary/aromatic N) is 1. The molecular weight excluding hydrogens is 787 g/mol. The van der Waals surface area contributed by atoms with Crippen LogP contribution in [0.5, 0.6) is 0 Å². The molecule has 63 heavy (non-hydrogen) atoms. The van der Waals surface area contributed by atoms with Gasteiger partial charge in [0.15, 0.2) is 12.1 Å². The molecule has 0 amide bonds. The third-order valence-corrected chi connectivity index (χ3v) is 10.4. The quantitative estimate of drug-likeness (QED) is 0.0282. The highest BCUT2D eigenvalue weighted by Crippen LogP contribution is 2.14. The smallest absolute Gasteiger partial charge is 0.362 e. The first-order valence-electron chi connectivity index (χ1n) is 24.5. The molecule has 8 nitrogen and oxygen atoms in total. The van der Waals surface area contributed by atoms with Gasteiger partial charge in [0.1, 0.15) is 6.61 Å². The van der Waals surface area contributed by atoms with E-state index >= 15 is 0 Å². The van der Waals surface area contributed by atoms with Gasteiger partial charge in [0.25, 0.3) is 0 Å². The van der Waals surface area contributed by atoms with Crippen LogP contribution in [0.3, 0.4) is 0 Å². The number of allylic oxidation sites excluding steroid dienone is 18. The second kappa shape index (κ2) is 44.6. The average molecular weight is 877 g/mol. The van der Waals surface area contributed by atoms with Crippen LogP contribution in [-0.2, 0) is 28.6 Å². The van der Waals surface area contributed by atoms with E-state index in [4.69, 9.17) is 14.2 Å². The maximum absolute atomic E-state index is 12.8. The SMILES string of the molecule is CC/C=C/C=C/C=C/C=C/C=C/C=C/C=C/CCCCCC(=O)OCC(COCCC(C(=O)O)[N+](C)(C)C)OC(=O)CCCCCCCCCCCC/C=C/C=C/CCCCCC. The molecule has 0 heterocycles. The Hall–Kier alpha value is -4.01. The fraction of sp³-hybridized carbons (Fsp3) is 0.618. The highest BCUT2D eigenvalue weighted by atomic mass is 16.6. The lowest BCUT2D eigenvalue weighted by Crippen LogP contribution is -2.50. The molecule has 8 heteroatoms. The molecule has 0 aliphatic heterocycles. The second-order valence-corrected chi connectivity index (χ2v) is 17.2. The number of quaternary nitrogens is 1. The zero-order chi connectivity index (χ0) is 46.3. The zero-order valence-electron chi connectivity index (χ0n) is 40.5. The number of carbonyl (C=O) groups excluding carboxylic acids is 2. The zero-order valence-corrected chi connectivity index (χ0v) is 40.5. The summed E-state index contributed by atoms with van der Waals surface area (Å²) in [5.41, 5.74) is 0. The predicted molar refractivity (Wildman–Crippen MR) is 266 cm³/mol. The molecule has 0 aliphatic carbocycles. The van der Waals surface area contributed by atoms with Gasteiger partial charge in [0, 0.05) is 19.3 Å². The number of ether oxygens (including phenoxy) is 3. The number of unbranched alkanes of at least 4 members (excludes halogenated alkanes) is 17. The molecule has 0 aliphatic rings. The lowest BCUT2D eigenvalue weighted by Gasteiger charge is -2.31. The number of aliphatic carboxylic acids is 1. The lowest BCUT2D eigenvalue weighted by molar-refractivity contribution is -0.887. The van der Waals surface area contributed by atoms with E-state index in [0.717, 1.165) is 57.8 Å². The van der Waals surface area contributed by atoms with Crippen molar-refractivity contribution in [3.63, 3.8) is 0 Å². The van der Waals surface area contributed by atoms with Crippen molar-refractivity contribution in [2.24, 2.45) is 0 Å². The Morgan fingerprint density at radius 2 is 0.889 bits per heavy atom. The molecule has 0 rings (SSSR count). The molecule has 356 valence electrons. The molecule has 0 saturated heterocycles. The number of carboxylic acid groups (broad SMARTS) is 1. The van der Waals surface area contributed by atoms with Crippen molar-refractivity contribution >= 4 is 17.9 Å². The van der Waals surface area contributed by atoms with E-state index in [2.05, 4.69) is 50.3 Å². The molecular formula is C55H90NO7+. The maximum Gasteiger partial charge on any atom is 0.362 e. The fourth-order valence-electron chi connectivity index (χ4n) is 6.59. The topological polar surface area (TPSA) is 99.1 Å². The van der Waals surface area contributed by atoms with Crippen molar-refractivity contribution in [2.75, 3.05) is 41.0 Å². The Bertz CT molecular complexity index is 1390. The van der Waals surface area contributed by atoms with Gasteiger partial charge in [-0.2, -0.15) is 0 Å². The second-order valence-electron chi connectivity index (χ2n) is 17.2. The van der Waals surface area contributed by atoms with E-state index in [9.17, 15) is 19.5 Å². The van der Waals surface area contributed by atoms with E-state index in [1.54, 1.807) is 0 Å². The van der Waals surface area contributed by atoms with Crippen molar-refractivity contribution in [2.45, 2.75) is 180 Å². The molecule has 0 spiro atoms. The van der Waals surface area contributed by atoms with Crippen LogP contribution in [0.25, 0.3) is 0 Å². The highest BCUT2D eigenvalue weighted by Gasteiger charge is 2.31. The first-order valence-corrected chi connectivity index (χ1v) is 24.5. The van der Waals surface area contributed by atoms with Crippen molar-refractivity contribution in [1.29, 1.82) is 0 Å². The van der Waals surface area contributed by atoms with Crippen LogP contribution >= 0.6 is 0 Å². The summed E-state index contributed by atoms with van der Waals surface area (Å²) in [5, 5.41) is 9.65. The largest absolute Gasteiger partial charge is 0.477 e. The minimum Gasteiger partial charge on any atom is -0.477 e. The van der Waals surface area contributed by atoms with Gasteiger partial charge in [-0.1, -0.05) is 200 Å². The molecule has 0 radical (unpaired) electrons. The van der Waals surface area contributed by atoms with Crippen LogP contribution < -0.4 is 0 Å². The molecule has 0 aromatic rings. The molecule has 2 atom stereocenters. The van der Waals surface area contributed by atoms with Gasteiger partial charge in [-0.25, -0.2) is 4.79 Å². The molecule has 0 aromatic heterocycles. The standard InChI is InChI=1S/C55H89NO7/c1-6-8-10-12-14-16-18-20-22-24-26-28-30-32-34-36-38-40-42-44-46-54(58)63-51(49-61-48-47-52(55(59)60)56(3,4)5)50-62-53(57)45-43-41-39-37-35-33-31-29-27-25-23-21-19-17-15-13-11-9-7-2/h9,11,13,15-23,25,27,29,31,33,35,51-52H,6-8,10,12,14,24,26,28,30,32,34,36-50H2,1-5H3/p+1/b11-9+,15-13+,18-16+,19-17+,22-20+,23-21+,27-25+,31-29+,35-33+. The Morgan fingerprint density at radius 1 is 0.492 bits per heavy atom.